The monoisotopic (exact) mass is 291 g/mol. The number of rotatable bonds is 5. The van der Waals surface area contributed by atoms with Crippen molar-refractivity contribution in [2.75, 3.05) is 32.0 Å². The number of nitrogens with one attached hydrogen (secondary N) is 1. The number of hydrogen-bond donors (Lipinski definition) is 2. The molecule has 0 bridgehead atoms. The van der Waals surface area contributed by atoms with E-state index in [4.69, 9.17) is 10.5 Å². The topological polar surface area (TPSA) is 67.6 Å². The van der Waals surface area contributed by atoms with Crippen LogP contribution in [0, 0.1) is 0 Å². The minimum atomic E-state index is -0.133. The Hall–Kier alpha value is -1.75. The number of likely N-dealkylation sites (tertiary alicyclic amines) is 1. The molecule has 1 fully saturated rings. The van der Waals surface area contributed by atoms with Gasteiger partial charge in [-0.05, 0) is 38.4 Å². The number of nitrogens with two attached hydrogens (primary N) is 1. The van der Waals surface area contributed by atoms with Crippen LogP contribution in [-0.4, -0.2) is 43.1 Å². The van der Waals surface area contributed by atoms with Crippen LogP contribution in [0.1, 0.15) is 37.0 Å². The quantitative estimate of drug-likeness (QED) is 0.813. The summed E-state index contributed by atoms with van der Waals surface area (Å²) in [4.78, 5) is 14.9. The first-order valence-electron chi connectivity index (χ1n) is 7.70. The lowest BCUT2D eigenvalue weighted by Gasteiger charge is -2.31. The molecule has 0 radical (unpaired) electrons. The average molecular weight is 291 g/mol. The molecular weight excluding hydrogens is 266 g/mol. The Bertz CT molecular complexity index is 482. The molecule has 0 spiro atoms. The molecule has 5 heteroatoms. The second-order valence-corrected chi connectivity index (χ2v) is 5.34. The fourth-order valence-corrected chi connectivity index (χ4v) is 2.72. The Morgan fingerprint density at radius 2 is 2.10 bits per heavy atom. The van der Waals surface area contributed by atoms with E-state index in [2.05, 4.69) is 17.1 Å². The Balaban J connectivity index is 2.04. The van der Waals surface area contributed by atoms with Gasteiger partial charge in [0.1, 0.15) is 11.3 Å². The molecular formula is C16H25N3O2. The number of carbonyl (C=O) groups is 1. The number of amides is 1. The van der Waals surface area contributed by atoms with Crippen LogP contribution in [-0.2, 0) is 0 Å². The van der Waals surface area contributed by atoms with E-state index in [1.807, 2.05) is 6.92 Å². The molecule has 1 aliphatic rings. The van der Waals surface area contributed by atoms with Gasteiger partial charge in [0.2, 0.25) is 0 Å². The van der Waals surface area contributed by atoms with Gasteiger partial charge in [-0.2, -0.15) is 0 Å². The van der Waals surface area contributed by atoms with Crippen LogP contribution < -0.4 is 15.8 Å². The molecule has 0 unspecified atom stereocenters. The van der Waals surface area contributed by atoms with Gasteiger partial charge in [-0.15, -0.1) is 0 Å². The second kappa shape index (κ2) is 7.31. The summed E-state index contributed by atoms with van der Waals surface area (Å²) in [5.74, 6) is 0.424. The van der Waals surface area contributed by atoms with Crippen molar-refractivity contribution in [3.05, 3.63) is 23.8 Å². The Kier molecular flexibility index (Phi) is 5.44. The Morgan fingerprint density at radius 1 is 1.38 bits per heavy atom. The highest BCUT2D eigenvalue weighted by atomic mass is 16.5. The van der Waals surface area contributed by atoms with E-state index in [1.165, 1.54) is 0 Å². The second-order valence-electron chi connectivity index (χ2n) is 5.34. The summed E-state index contributed by atoms with van der Waals surface area (Å²) in [6, 6.07) is 5.54. The van der Waals surface area contributed by atoms with Gasteiger partial charge < -0.3 is 20.7 Å². The number of nitrogen functional groups attached to an aromatic ring is 1. The first kappa shape index (κ1) is 15.6. The zero-order valence-corrected chi connectivity index (χ0v) is 12.9. The molecule has 2 rings (SSSR count). The van der Waals surface area contributed by atoms with E-state index < -0.39 is 0 Å². The largest absolute Gasteiger partial charge is 0.493 e. The predicted molar refractivity (Wildman–Crippen MR) is 84.6 cm³/mol. The maximum atomic E-state index is 12.5. The fraction of sp³-hybridized carbons (Fsp3) is 0.562. The van der Waals surface area contributed by atoms with Crippen molar-refractivity contribution < 1.29 is 9.53 Å². The number of anilines is 1. The van der Waals surface area contributed by atoms with E-state index in [1.54, 1.807) is 18.2 Å². The minimum Gasteiger partial charge on any atom is -0.493 e. The minimum absolute atomic E-state index is 0.133. The molecule has 116 valence electrons. The Labute approximate surface area is 126 Å². The van der Waals surface area contributed by atoms with Crippen molar-refractivity contribution in [3.63, 3.8) is 0 Å². The molecule has 1 aromatic rings. The average Bonchev–Trinajstić information content (AvgIpc) is 2.48. The maximum Gasteiger partial charge on any atom is 0.257 e. The standard InChI is InChI=1S/C16H25N3O2/c1-3-19-10-8-12(9-11-19)18-16(20)15-13(17)6-5-7-14(15)21-4-2/h5-7,12H,3-4,8-11,17H2,1-2H3,(H,18,20). The zero-order chi connectivity index (χ0) is 15.2. The maximum absolute atomic E-state index is 12.5. The number of carbonyl (C=O) groups excluding carboxylic acids is 1. The molecule has 0 saturated carbocycles. The predicted octanol–water partition coefficient (Wildman–Crippen LogP) is 1.88. The third kappa shape index (κ3) is 3.88. The van der Waals surface area contributed by atoms with Crippen molar-refractivity contribution in [1.82, 2.24) is 10.2 Å². The Morgan fingerprint density at radius 3 is 2.71 bits per heavy atom. The van der Waals surface area contributed by atoms with Gasteiger partial charge in [0.05, 0.1) is 6.61 Å². The van der Waals surface area contributed by atoms with Gasteiger partial charge >= 0.3 is 0 Å². The summed E-state index contributed by atoms with van der Waals surface area (Å²) in [5, 5.41) is 3.09. The molecule has 0 aromatic heterocycles. The molecule has 3 N–H and O–H groups in total. The van der Waals surface area contributed by atoms with Crippen molar-refractivity contribution in [1.29, 1.82) is 0 Å². The molecule has 21 heavy (non-hydrogen) atoms. The highest BCUT2D eigenvalue weighted by molar-refractivity contribution is 6.02. The number of nitrogens with zero attached hydrogens (tertiary/aromatic N) is 1. The molecule has 1 amide bonds. The SMILES string of the molecule is CCOc1cccc(N)c1C(=O)NC1CCN(CC)CC1. The van der Waals surface area contributed by atoms with E-state index in [0.717, 1.165) is 32.5 Å². The van der Waals surface area contributed by atoms with E-state index in [-0.39, 0.29) is 11.9 Å². The highest BCUT2D eigenvalue weighted by Crippen LogP contribution is 2.25. The van der Waals surface area contributed by atoms with Crippen LogP contribution in [0.15, 0.2) is 18.2 Å². The van der Waals surface area contributed by atoms with E-state index in [0.29, 0.717) is 23.6 Å². The molecule has 0 atom stereocenters. The van der Waals surface area contributed by atoms with Gasteiger partial charge in [0.15, 0.2) is 0 Å². The lowest BCUT2D eigenvalue weighted by Crippen LogP contribution is -2.44. The summed E-state index contributed by atoms with van der Waals surface area (Å²) in [6.45, 7) is 7.71. The smallest absolute Gasteiger partial charge is 0.257 e. The molecule has 0 aliphatic carbocycles. The van der Waals surface area contributed by atoms with Crippen LogP contribution in [0.5, 0.6) is 5.75 Å². The van der Waals surface area contributed by atoms with Crippen molar-refractivity contribution in [3.8, 4) is 5.75 Å². The van der Waals surface area contributed by atoms with Gasteiger partial charge in [0, 0.05) is 24.8 Å². The number of piperidine rings is 1. The van der Waals surface area contributed by atoms with Crippen LogP contribution in [0.2, 0.25) is 0 Å². The van der Waals surface area contributed by atoms with Gasteiger partial charge in [-0.3, -0.25) is 4.79 Å². The summed E-state index contributed by atoms with van der Waals surface area (Å²) < 4.78 is 5.51. The first-order valence-corrected chi connectivity index (χ1v) is 7.70. The van der Waals surface area contributed by atoms with Crippen molar-refractivity contribution in [2.45, 2.75) is 32.7 Å². The highest BCUT2D eigenvalue weighted by Gasteiger charge is 2.23. The van der Waals surface area contributed by atoms with Crippen LogP contribution in [0.3, 0.4) is 0 Å². The van der Waals surface area contributed by atoms with Crippen molar-refractivity contribution in [2.24, 2.45) is 0 Å². The summed E-state index contributed by atoms with van der Waals surface area (Å²) in [7, 11) is 0. The van der Waals surface area contributed by atoms with E-state index in [9.17, 15) is 4.79 Å². The van der Waals surface area contributed by atoms with Crippen LogP contribution in [0.25, 0.3) is 0 Å². The number of benzene rings is 1. The van der Waals surface area contributed by atoms with Gasteiger partial charge in [-0.25, -0.2) is 0 Å². The fourth-order valence-electron chi connectivity index (χ4n) is 2.72. The zero-order valence-electron chi connectivity index (χ0n) is 12.9. The van der Waals surface area contributed by atoms with Crippen LogP contribution >= 0.6 is 0 Å². The molecule has 1 aromatic carbocycles. The molecule has 5 nitrogen and oxygen atoms in total. The van der Waals surface area contributed by atoms with Crippen LogP contribution in [0.4, 0.5) is 5.69 Å². The molecule has 1 heterocycles. The number of ether oxygens (including phenoxy) is 1. The summed E-state index contributed by atoms with van der Waals surface area (Å²) >= 11 is 0. The lowest BCUT2D eigenvalue weighted by molar-refractivity contribution is 0.0910. The first-order chi connectivity index (χ1) is 10.2. The summed E-state index contributed by atoms with van der Waals surface area (Å²) in [5.41, 5.74) is 6.87. The van der Waals surface area contributed by atoms with Gasteiger partial charge in [0.25, 0.3) is 5.91 Å². The molecule has 1 saturated heterocycles. The number of hydrogen-bond acceptors (Lipinski definition) is 4. The van der Waals surface area contributed by atoms with E-state index >= 15 is 0 Å². The lowest BCUT2D eigenvalue weighted by atomic mass is 10.0. The van der Waals surface area contributed by atoms with Crippen molar-refractivity contribution >= 4 is 11.6 Å². The van der Waals surface area contributed by atoms with Gasteiger partial charge in [-0.1, -0.05) is 13.0 Å². The molecule has 1 aliphatic heterocycles. The normalized spacial score (nSPS) is 16.7. The third-order valence-electron chi connectivity index (χ3n) is 3.96. The summed E-state index contributed by atoms with van der Waals surface area (Å²) in [6.07, 6.45) is 1.96. The third-order valence-corrected chi connectivity index (χ3v) is 3.96.